The van der Waals surface area contributed by atoms with Gasteiger partial charge in [-0.15, -0.1) is 0 Å². The number of fused-ring (bicyclic) bond motifs is 7. The summed E-state index contributed by atoms with van der Waals surface area (Å²) in [5.74, 6) is -8.65. The van der Waals surface area contributed by atoms with Gasteiger partial charge in [0.1, 0.15) is 31.0 Å². The summed E-state index contributed by atoms with van der Waals surface area (Å²) in [7, 11) is 2.64. The molecule has 17 heteroatoms. The maximum atomic E-state index is 14.0. The van der Waals surface area contributed by atoms with Crippen LogP contribution in [0.5, 0.6) is 0 Å². The fourth-order valence-electron chi connectivity index (χ4n) is 13.1. The molecule has 16 atom stereocenters. The van der Waals surface area contributed by atoms with E-state index >= 15 is 0 Å². The molecule has 2 unspecified atom stereocenters. The number of carbonyl (C=O) groups is 7. The van der Waals surface area contributed by atoms with Gasteiger partial charge < -0.3 is 47.7 Å². The van der Waals surface area contributed by atoms with Crippen LogP contribution in [-0.4, -0.2) is 122 Å². The van der Waals surface area contributed by atoms with E-state index in [1.54, 1.807) is 20.8 Å². The number of carbonyl (C=O) groups excluding carboxylic acids is 7. The summed E-state index contributed by atoms with van der Waals surface area (Å²) in [6, 6.07) is 0. The number of hydrogen-bond acceptors (Lipinski definition) is 17. The molecule has 0 aromatic heterocycles. The molecule has 1 heterocycles. The summed E-state index contributed by atoms with van der Waals surface area (Å²) in [4.78, 5) is 92.8. The van der Waals surface area contributed by atoms with Gasteiger partial charge in [0.15, 0.2) is 12.2 Å². The van der Waals surface area contributed by atoms with Crippen molar-refractivity contribution >= 4 is 41.8 Å². The summed E-state index contributed by atoms with van der Waals surface area (Å²) in [6.07, 6.45) is -7.50. The van der Waals surface area contributed by atoms with Crippen molar-refractivity contribution in [2.24, 2.45) is 45.3 Å². The van der Waals surface area contributed by atoms with Crippen molar-refractivity contribution in [3.8, 4) is 0 Å². The molecule has 4 saturated carbocycles. The van der Waals surface area contributed by atoms with Crippen LogP contribution in [0.15, 0.2) is 0 Å². The average Bonchev–Trinajstić information content (AvgIpc) is 3.87. The molecule has 0 aromatic carbocycles. The Morgan fingerprint density at radius 1 is 0.776 bits per heavy atom. The van der Waals surface area contributed by atoms with Gasteiger partial charge >= 0.3 is 41.8 Å². The Bertz CT molecular complexity index is 1710. The maximum Gasteiger partial charge on any atom is 0.341 e. The highest BCUT2D eigenvalue weighted by Gasteiger charge is 2.91. The topological polar surface area (TPSA) is 226 Å². The van der Waals surface area contributed by atoms with E-state index < -0.39 is 142 Å². The van der Waals surface area contributed by atoms with Gasteiger partial charge in [-0.2, -0.15) is 0 Å². The molecule has 4 aliphatic carbocycles. The monoisotopic (exact) mass is 824 g/mol. The highest BCUT2D eigenvalue weighted by Crippen LogP contribution is 2.78. The molecule has 1 saturated heterocycles. The zero-order valence-electron chi connectivity index (χ0n) is 35.8. The second-order valence-electron chi connectivity index (χ2n) is 17.8. The Balaban J connectivity index is 1.93. The lowest BCUT2D eigenvalue weighted by Gasteiger charge is -2.75. The van der Waals surface area contributed by atoms with Gasteiger partial charge in [0.05, 0.1) is 30.1 Å². The number of ether oxygens (including phenoxy) is 9. The van der Waals surface area contributed by atoms with Crippen molar-refractivity contribution in [2.75, 3.05) is 27.4 Å². The van der Waals surface area contributed by atoms with E-state index in [1.807, 2.05) is 13.8 Å². The molecule has 0 spiro atoms. The predicted octanol–water partition coefficient (Wildman–Crippen LogP) is 2.63. The third-order valence-electron chi connectivity index (χ3n) is 14.8. The molecular weight excluding hydrogens is 764 g/mol. The summed E-state index contributed by atoms with van der Waals surface area (Å²) in [6.45, 7) is 15.1. The van der Waals surface area contributed by atoms with E-state index in [0.29, 0.717) is 0 Å². The number of methoxy groups -OCH3 is 2. The van der Waals surface area contributed by atoms with Gasteiger partial charge in [-0.1, -0.05) is 20.8 Å². The van der Waals surface area contributed by atoms with Crippen LogP contribution in [0.2, 0.25) is 0 Å². The molecule has 17 nitrogen and oxygen atoms in total. The summed E-state index contributed by atoms with van der Waals surface area (Å²) in [5.41, 5.74) is -9.91. The first kappa shape index (κ1) is 45.3. The molecule has 1 aliphatic heterocycles. The SMILES string of the molecule is COC[C@H]1[C@]2(C)CC[C@@H]3[C@](C)([C@H](OC(C)=O)[C@H](OC(C)=O)[C@@]4(C)[C@]5(C(=O)OC)OC5[C@@H](C)C[C@@]34O)[C@H]2[C@H](OC(C)=O)[C@H](OC(C)=O)[C@]1(COC(C)=O)C(C)OC(C)=O. The fraction of sp³-hybridized carbons (Fsp3) is 0.829. The van der Waals surface area contributed by atoms with Crippen LogP contribution >= 0.6 is 0 Å². The second-order valence-corrected chi connectivity index (χ2v) is 17.8. The van der Waals surface area contributed by atoms with Crippen LogP contribution in [0.25, 0.3) is 0 Å². The molecule has 0 bridgehead atoms. The normalized spacial score (nSPS) is 43.9. The Hall–Kier alpha value is -3.83. The quantitative estimate of drug-likeness (QED) is 0.179. The minimum Gasteiger partial charge on any atom is -0.467 e. The van der Waals surface area contributed by atoms with Crippen molar-refractivity contribution in [1.29, 1.82) is 0 Å². The van der Waals surface area contributed by atoms with Gasteiger partial charge in [0.25, 0.3) is 0 Å². The van der Waals surface area contributed by atoms with Crippen molar-refractivity contribution in [3.63, 3.8) is 0 Å². The first-order valence-corrected chi connectivity index (χ1v) is 19.8. The van der Waals surface area contributed by atoms with E-state index in [0.717, 1.165) is 13.8 Å². The Morgan fingerprint density at radius 3 is 1.83 bits per heavy atom. The van der Waals surface area contributed by atoms with Gasteiger partial charge in [-0.05, 0) is 50.4 Å². The second kappa shape index (κ2) is 15.3. The van der Waals surface area contributed by atoms with Crippen LogP contribution in [0.3, 0.4) is 0 Å². The van der Waals surface area contributed by atoms with Gasteiger partial charge in [-0.25, -0.2) is 4.79 Å². The number of epoxide rings is 1. The summed E-state index contributed by atoms with van der Waals surface area (Å²) in [5, 5.41) is 13.7. The average molecular weight is 825 g/mol. The molecule has 58 heavy (non-hydrogen) atoms. The van der Waals surface area contributed by atoms with E-state index in [4.69, 9.17) is 42.6 Å². The molecule has 5 rings (SSSR count). The smallest absolute Gasteiger partial charge is 0.341 e. The Labute approximate surface area is 338 Å². The molecule has 5 aliphatic rings. The lowest BCUT2D eigenvalue weighted by Crippen LogP contribution is -2.84. The Kier molecular flexibility index (Phi) is 12.0. The molecule has 5 fully saturated rings. The molecule has 0 amide bonds. The number of rotatable bonds is 11. The zero-order chi connectivity index (χ0) is 43.7. The maximum absolute atomic E-state index is 14.0. The van der Waals surface area contributed by atoms with Crippen molar-refractivity contribution in [3.05, 3.63) is 0 Å². The summed E-state index contributed by atoms with van der Waals surface area (Å²) >= 11 is 0. The lowest BCUT2D eigenvalue weighted by atomic mass is 9.31. The van der Waals surface area contributed by atoms with Gasteiger partial charge in [0, 0.05) is 65.9 Å². The first-order valence-electron chi connectivity index (χ1n) is 19.8. The largest absolute Gasteiger partial charge is 0.467 e. The molecular formula is C41H60O17. The summed E-state index contributed by atoms with van der Waals surface area (Å²) < 4.78 is 54.2. The minimum atomic E-state index is -1.92. The zero-order valence-corrected chi connectivity index (χ0v) is 35.8. The highest BCUT2D eigenvalue weighted by molar-refractivity contribution is 5.86. The first-order chi connectivity index (χ1) is 26.8. The molecule has 1 N–H and O–H groups in total. The van der Waals surface area contributed by atoms with Crippen molar-refractivity contribution < 1.29 is 81.3 Å². The van der Waals surface area contributed by atoms with Crippen LogP contribution in [-0.2, 0) is 76.2 Å². The third-order valence-corrected chi connectivity index (χ3v) is 14.8. The van der Waals surface area contributed by atoms with Crippen LogP contribution < -0.4 is 0 Å². The number of hydrogen-bond donors (Lipinski definition) is 1. The molecule has 0 radical (unpaired) electrons. The number of esters is 7. The van der Waals surface area contributed by atoms with Crippen LogP contribution in [0, 0.1) is 45.3 Å². The van der Waals surface area contributed by atoms with Crippen LogP contribution in [0.4, 0.5) is 0 Å². The van der Waals surface area contributed by atoms with E-state index in [2.05, 4.69) is 0 Å². The standard InChI is InChI=1S/C41H60O17/c1-19-16-40(49)27-14-15-36(9)28(17-50-12)39(18-52-21(3)42,20(2)53-22(4)43)32(55-24(6)45)29(54-23(5)44)30(36)37(27,10)33(56-25(7)46)34(57-26(8)47)38(40,11)41(31(19)58-41)35(48)51-13/h19-20,27-34,49H,14-18H2,1-13H3/t19-,20?,27+,28-,29-,30-,31?,32-,33+,34-,36-,37-,38+,39+,40+,41-/m0/s1. The Morgan fingerprint density at radius 2 is 1.33 bits per heavy atom. The fourth-order valence-corrected chi connectivity index (χ4v) is 13.1. The molecule has 326 valence electrons. The van der Waals surface area contributed by atoms with Gasteiger partial charge in [0.2, 0.25) is 5.60 Å². The van der Waals surface area contributed by atoms with Crippen molar-refractivity contribution in [2.45, 2.75) is 143 Å². The van der Waals surface area contributed by atoms with E-state index in [9.17, 15) is 38.7 Å². The van der Waals surface area contributed by atoms with Crippen molar-refractivity contribution in [1.82, 2.24) is 0 Å². The van der Waals surface area contributed by atoms with Crippen LogP contribution in [0.1, 0.15) is 95.4 Å². The third kappa shape index (κ3) is 6.31. The molecule has 0 aromatic rings. The number of aliphatic hydroxyl groups is 1. The van der Waals surface area contributed by atoms with Gasteiger partial charge in [-0.3, -0.25) is 28.8 Å². The predicted molar refractivity (Wildman–Crippen MR) is 197 cm³/mol. The minimum absolute atomic E-state index is 0.0497. The lowest BCUT2D eigenvalue weighted by molar-refractivity contribution is -0.365. The highest BCUT2D eigenvalue weighted by atomic mass is 16.7. The van der Waals surface area contributed by atoms with E-state index in [-0.39, 0.29) is 25.9 Å². The van der Waals surface area contributed by atoms with E-state index in [1.165, 1.54) is 41.9 Å².